The van der Waals surface area contributed by atoms with Gasteiger partial charge in [0, 0.05) is 17.8 Å². The Hall–Kier alpha value is -3.68. The smallest absolute Gasteiger partial charge is 0.337 e. The number of aryl methyl sites for hydroxylation is 1. The highest BCUT2D eigenvalue weighted by molar-refractivity contribution is 6.06. The molecule has 1 heterocycles. The van der Waals surface area contributed by atoms with Crippen molar-refractivity contribution in [2.45, 2.75) is 20.4 Å². The number of rotatable bonds is 4. The van der Waals surface area contributed by atoms with Crippen molar-refractivity contribution in [2.24, 2.45) is 0 Å². The molecule has 8 nitrogen and oxygen atoms in total. The van der Waals surface area contributed by atoms with Crippen molar-refractivity contribution in [3.8, 4) is 0 Å². The highest BCUT2D eigenvalue weighted by atomic mass is 16.5. The molecule has 0 aliphatic carbocycles. The number of nitrogens with zero attached hydrogens (tertiary/aromatic N) is 1. The van der Waals surface area contributed by atoms with Gasteiger partial charge in [-0.1, -0.05) is 6.07 Å². The Bertz CT molecular complexity index is 1210. The van der Waals surface area contributed by atoms with Crippen molar-refractivity contribution in [3.05, 3.63) is 73.9 Å². The number of fused-ring (bicyclic) bond motifs is 1. The molecule has 0 aliphatic rings. The largest absolute Gasteiger partial charge is 0.465 e. The zero-order chi connectivity index (χ0) is 20.4. The molecule has 3 aromatic rings. The second-order valence-corrected chi connectivity index (χ2v) is 6.22. The minimum absolute atomic E-state index is 0.252. The maximum atomic E-state index is 12.7. The molecule has 2 N–H and O–H groups in total. The third-order valence-corrected chi connectivity index (χ3v) is 4.47. The van der Waals surface area contributed by atoms with Gasteiger partial charge in [0.15, 0.2) is 0 Å². The number of H-pyrrole nitrogens is 1. The van der Waals surface area contributed by atoms with E-state index in [9.17, 15) is 19.2 Å². The number of aromatic nitrogens is 2. The first-order valence-electron chi connectivity index (χ1n) is 8.63. The van der Waals surface area contributed by atoms with E-state index in [2.05, 4.69) is 10.3 Å². The van der Waals surface area contributed by atoms with Crippen molar-refractivity contribution < 1.29 is 14.3 Å². The molecule has 0 saturated heterocycles. The first kappa shape index (κ1) is 19.1. The summed E-state index contributed by atoms with van der Waals surface area (Å²) in [7, 11) is 1.28. The summed E-state index contributed by atoms with van der Waals surface area (Å²) in [6.45, 7) is 3.75. The summed E-state index contributed by atoms with van der Waals surface area (Å²) in [5, 5.41) is 3.06. The molecule has 0 spiro atoms. The third kappa shape index (κ3) is 3.44. The van der Waals surface area contributed by atoms with Crippen LogP contribution in [0.5, 0.6) is 0 Å². The number of amides is 1. The van der Waals surface area contributed by atoms with Crippen LogP contribution < -0.4 is 16.6 Å². The second kappa shape index (κ2) is 7.51. The number of esters is 1. The molecule has 0 saturated carbocycles. The average Bonchev–Trinajstić information content (AvgIpc) is 2.68. The van der Waals surface area contributed by atoms with Gasteiger partial charge in [0.1, 0.15) is 0 Å². The van der Waals surface area contributed by atoms with Crippen LogP contribution in [-0.2, 0) is 11.3 Å². The van der Waals surface area contributed by atoms with E-state index in [-0.39, 0.29) is 17.6 Å². The molecule has 144 valence electrons. The standard InChI is InChI=1S/C20H19N3O5/c1-4-23-18(25)14-8-7-12(9-16(14)22-20(23)27)17(24)21-15-10-13(19(26)28-3)6-5-11(15)2/h5-10H,4H2,1-3H3,(H,21,24)(H,22,27). The van der Waals surface area contributed by atoms with Crippen LogP contribution >= 0.6 is 0 Å². The molecule has 3 rings (SSSR count). The minimum atomic E-state index is -0.529. The number of carbonyl (C=O) groups is 2. The van der Waals surface area contributed by atoms with Gasteiger partial charge in [0.25, 0.3) is 11.5 Å². The van der Waals surface area contributed by atoms with Gasteiger partial charge in [0.2, 0.25) is 0 Å². The number of carbonyl (C=O) groups excluding carboxylic acids is 2. The zero-order valence-corrected chi connectivity index (χ0v) is 15.7. The Morgan fingerprint density at radius 1 is 1.11 bits per heavy atom. The summed E-state index contributed by atoms with van der Waals surface area (Å²) < 4.78 is 5.78. The van der Waals surface area contributed by atoms with E-state index >= 15 is 0 Å². The van der Waals surface area contributed by atoms with Crippen LogP contribution in [0.4, 0.5) is 5.69 Å². The molecule has 0 fully saturated rings. The van der Waals surface area contributed by atoms with E-state index < -0.39 is 23.1 Å². The Morgan fingerprint density at radius 3 is 2.50 bits per heavy atom. The number of benzene rings is 2. The SMILES string of the molecule is CCn1c(=O)[nH]c2cc(C(=O)Nc3cc(C(=O)OC)ccc3C)ccc2c1=O. The fourth-order valence-electron chi connectivity index (χ4n) is 2.88. The molecule has 2 aromatic carbocycles. The Balaban J connectivity index is 1.97. The second-order valence-electron chi connectivity index (χ2n) is 6.22. The highest BCUT2D eigenvalue weighted by Gasteiger charge is 2.14. The molecule has 1 aromatic heterocycles. The fourth-order valence-corrected chi connectivity index (χ4v) is 2.88. The summed E-state index contributed by atoms with van der Waals surface area (Å²) in [5.74, 6) is -0.946. The van der Waals surface area contributed by atoms with Crippen LogP contribution in [-0.4, -0.2) is 28.5 Å². The number of ether oxygens (including phenoxy) is 1. The maximum Gasteiger partial charge on any atom is 0.337 e. The molecule has 0 unspecified atom stereocenters. The van der Waals surface area contributed by atoms with Gasteiger partial charge in [-0.3, -0.25) is 14.2 Å². The highest BCUT2D eigenvalue weighted by Crippen LogP contribution is 2.19. The van der Waals surface area contributed by atoms with Gasteiger partial charge < -0.3 is 15.0 Å². The van der Waals surface area contributed by atoms with Gasteiger partial charge in [0.05, 0.1) is 23.6 Å². The monoisotopic (exact) mass is 381 g/mol. The van der Waals surface area contributed by atoms with Crippen LogP contribution in [0.25, 0.3) is 10.9 Å². The van der Waals surface area contributed by atoms with Crippen LogP contribution in [0.15, 0.2) is 46.0 Å². The normalized spacial score (nSPS) is 10.7. The summed E-state index contributed by atoms with van der Waals surface area (Å²) in [6, 6.07) is 9.31. The Kier molecular flexibility index (Phi) is 5.12. The summed E-state index contributed by atoms with van der Waals surface area (Å²) >= 11 is 0. The lowest BCUT2D eigenvalue weighted by atomic mass is 10.1. The molecular weight excluding hydrogens is 362 g/mol. The van der Waals surface area contributed by atoms with Crippen molar-refractivity contribution in [1.29, 1.82) is 0 Å². The van der Waals surface area contributed by atoms with Crippen molar-refractivity contribution in [1.82, 2.24) is 9.55 Å². The lowest BCUT2D eigenvalue weighted by Gasteiger charge is -2.11. The van der Waals surface area contributed by atoms with Crippen molar-refractivity contribution in [2.75, 3.05) is 12.4 Å². The topological polar surface area (TPSA) is 110 Å². The number of nitrogens with one attached hydrogen (secondary N) is 2. The molecule has 0 bridgehead atoms. The van der Waals surface area contributed by atoms with Gasteiger partial charge in [-0.2, -0.15) is 0 Å². The van der Waals surface area contributed by atoms with Gasteiger partial charge in [-0.15, -0.1) is 0 Å². The van der Waals surface area contributed by atoms with Crippen LogP contribution in [0.3, 0.4) is 0 Å². The summed E-state index contributed by atoms with van der Waals surface area (Å²) in [4.78, 5) is 51.3. The first-order valence-corrected chi connectivity index (χ1v) is 8.63. The molecule has 0 atom stereocenters. The molecule has 0 radical (unpaired) electrons. The number of methoxy groups -OCH3 is 1. The minimum Gasteiger partial charge on any atom is -0.465 e. The number of hydrogen-bond acceptors (Lipinski definition) is 5. The first-order chi connectivity index (χ1) is 13.3. The van der Waals surface area contributed by atoms with E-state index in [4.69, 9.17) is 4.74 Å². The van der Waals surface area contributed by atoms with E-state index in [1.165, 1.54) is 31.4 Å². The molecule has 0 aliphatic heterocycles. The molecule has 1 amide bonds. The fraction of sp³-hybridized carbons (Fsp3) is 0.200. The number of hydrogen-bond donors (Lipinski definition) is 2. The summed E-state index contributed by atoms with van der Waals surface area (Å²) in [6.07, 6.45) is 0. The van der Waals surface area contributed by atoms with Crippen LogP contribution in [0.1, 0.15) is 33.2 Å². The van der Waals surface area contributed by atoms with E-state index in [0.717, 1.165) is 10.1 Å². The quantitative estimate of drug-likeness (QED) is 0.672. The lowest BCUT2D eigenvalue weighted by Crippen LogP contribution is -2.34. The zero-order valence-electron chi connectivity index (χ0n) is 15.7. The van der Waals surface area contributed by atoms with Gasteiger partial charge in [-0.05, 0) is 49.7 Å². The molecule has 28 heavy (non-hydrogen) atoms. The molecule has 8 heteroatoms. The van der Waals surface area contributed by atoms with E-state index in [1.807, 2.05) is 0 Å². The van der Waals surface area contributed by atoms with Crippen LogP contribution in [0.2, 0.25) is 0 Å². The predicted octanol–water partition coefficient (Wildman–Crippen LogP) is 2.06. The van der Waals surface area contributed by atoms with E-state index in [1.54, 1.807) is 26.0 Å². The third-order valence-electron chi connectivity index (χ3n) is 4.47. The Labute approximate surface area is 159 Å². The number of anilines is 1. The van der Waals surface area contributed by atoms with Gasteiger partial charge in [-0.25, -0.2) is 9.59 Å². The molecular formula is C20H19N3O5. The lowest BCUT2D eigenvalue weighted by molar-refractivity contribution is 0.0600. The average molecular weight is 381 g/mol. The number of aromatic amines is 1. The van der Waals surface area contributed by atoms with Crippen molar-refractivity contribution in [3.63, 3.8) is 0 Å². The Morgan fingerprint density at radius 2 is 1.82 bits per heavy atom. The van der Waals surface area contributed by atoms with Crippen molar-refractivity contribution >= 4 is 28.5 Å². The van der Waals surface area contributed by atoms with Crippen LogP contribution in [0, 0.1) is 6.92 Å². The van der Waals surface area contributed by atoms with E-state index in [0.29, 0.717) is 16.6 Å². The predicted molar refractivity (Wildman–Crippen MR) is 105 cm³/mol. The maximum absolute atomic E-state index is 12.7. The van der Waals surface area contributed by atoms with Gasteiger partial charge >= 0.3 is 11.7 Å². The summed E-state index contributed by atoms with van der Waals surface area (Å²) in [5.41, 5.74) is 1.15.